The summed E-state index contributed by atoms with van der Waals surface area (Å²) in [6.07, 6.45) is 0.950. The molecule has 0 aromatic heterocycles. The minimum Gasteiger partial charge on any atom is -0.480 e. The number of amides is 2. The quantitative estimate of drug-likeness (QED) is 0.714. The SMILES string of the molecule is CC(C)(C)[C@H](NC(=O)NC1CCSC1)C(=O)O. The van der Waals surface area contributed by atoms with Gasteiger partial charge in [-0.05, 0) is 17.6 Å². The third kappa shape index (κ3) is 4.46. The molecule has 17 heavy (non-hydrogen) atoms. The van der Waals surface area contributed by atoms with Crippen molar-refractivity contribution >= 4 is 23.8 Å². The van der Waals surface area contributed by atoms with Crippen LogP contribution >= 0.6 is 11.8 Å². The largest absolute Gasteiger partial charge is 0.480 e. The summed E-state index contributed by atoms with van der Waals surface area (Å²) in [4.78, 5) is 22.7. The fourth-order valence-corrected chi connectivity index (χ4v) is 2.81. The highest BCUT2D eigenvalue weighted by atomic mass is 32.2. The molecule has 0 aliphatic carbocycles. The van der Waals surface area contributed by atoms with Gasteiger partial charge in [-0.15, -0.1) is 0 Å². The number of urea groups is 1. The second-order valence-electron chi connectivity index (χ2n) is 5.32. The van der Waals surface area contributed by atoms with Crippen molar-refractivity contribution in [2.75, 3.05) is 11.5 Å². The van der Waals surface area contributed by atoms with E-state index in [2.05, 4.69) is 10.6 Å². The predicted molar refractivity (Wildman–Crippen MR) is 68.3 cm³/mol. The molecule has 1 saturated heterocycles. The molecule has 1 aliphatic rings. The van der Waals surface area contributed by atoms with Gasteiger partial charge >= 0.3 is 12.0 Å². The summed E-state index contributed by atoms with van der Waals surface area (Å²) >= 11 is 1.80. The molecule has 1 unspecified atom stereocenters. The highest BCUT2D eigenvalue weighted by molar-refractivity contribution is 7.99. The van der Waals surface area contributed by atoms with E-state index in [0.717, 1.165) is 17.9 Å². The van der Waals surface area contributed by atoms with Crippen LogP contribution in [0.15, 0.2) is 0 Å². The van der Waals surface area contributed by atoms with Gasteiger partial charge in [0.05, 0.1) is 0 Å². The molecule has 0 radical (unpaired) electrons. The van der Waals surface area contributed by atoms with Crippen molar-refractivity contribution in [1.82, 2.24) is 10.6 Å². The van der Waals surface area contributed by atoms with Crippen molar-refractivity contribution in [2.45, 2.75) is 39.3 Å². The van der Waals surface area contributed by atoms with E-state index in [0.29, 0.717) is 0 Å². The molecule has 1 fully saturated rings. The van der Waals surface area contributed by atoms with Gasteiger partial charge in [-0.2, -0.15) is 11.8 Å². The van der Waals surface area contributed by atoms with Gasteiger partial charge in [0.2, 0.25) is 0 Å². The normalized spacial score (nSPS) is 21.9. The third-order valence-corrected chi connectivity index (χ3v) is 3.82. The fraction of sp³-hybridized carbons (Fsp3) is 0.818. The number of carbonyl (C=O) groups excluding carboxylic acids is 1. The van der Waals surface area contributed by atoms with Gasteiger partial charge in [0.25, 0.3) is 0 Å². The molecule has 1 heterocycles. The van der Waals surface area contributed by atoms with Gasteiger partial charge in [0.1, 0.15) is 6.04 Å². The molecule has 5 nitrogen and oxygen atoms in total. The Morgan fingerprint density at radius 3 is 2.47 bits per heavy atom. The average Bonchev–Trinajstić information content (AvgIpc) is 2.64. The maximum Gasteiger partial charge on any atom is 0.326 e. The van der Waals surface area contributed by atoms with E-state index in [1.54, 1.807) is 32.5 Å². The van der Waals surface area contributed by atoms with Crippen LogP contribution in [0.25, 0.3) is 0 Å². The number of aliphatic carboxylic acids is 1. The summed E-state index contributed by atoms with van der Waals surface area (Å²) < 4.78 is 0. The molecule has 2 atom stereocenters. The zero-order chi connectivity index (χ0) is 13.1. The summed E-state index contributed by atoms with van der Waals surface area (Å²) in [5.74, 6) is 0.946. The van der Waals surface area contributed by atoms with Gasteiger partial charge in [-0.1, -0.05) is 20.8 Å². The first-order valence-electron chi connectivity index (χ1n) is 5.68. The van der Waals surface area contributed by atoms with Gasteiger partial charge in [-0.3, -0.25) is 0 Å². The van der Waals surface area contributed by atoms with Crippen molar-refractivity contribution < 1.29 is 14.7 Å². The Hall–Kier alpha value is -0.910. The number of nitrogens with one attached hydrogen (secondary N) is 2. The van der Waals surface area contributed by atoms with Crippen LogP contribution in [0.2, 0.25) is 0 Å². The Bertz CT molecular complexity index is 296. The summed E-state index contributed by atoms with van der Waals surface area (Å²) in [6, 6.07) is -1.11. The number of hydrogen-bond donors (Lipinski definition) is 3. The van der Waals surface area contributed by atoms with Gasteiger partial charge in [0.15, 0.2) is 0 Å². The number of hydrogen-bond acceptors (Lipinski definition) is 3. The lowest BCUT2D eigenvalue weighted by Gasteiger charge is -2.28. The first-order valence-corrected chi connectivity index (χ1v) is 6.84. The van der Waals surface area contributed by atoms with Crippen LogP contribution in [0.4, 0.5) is 4.79 Å². The molecule has 98 valence electrons. The summed E-state index contributed by atoms with van der Waals surface area (Å²) in [5.41, 5.74) is -0.506. The fourth-order valence-electron chi connectivity index (χ4n) is 1.66. The summed E-state index contributed by atoms with van der Waals surface area (Å²) in [5, 5.41) is 14.4. The number of rotatable bonds is 3. The highest BCUT2D eigenvalue weighted by Gasteiger charge is 2.33. The molecule has 1 rings (SSSR count). The lowest BCUT2D eigenvalue weighted by atomic mass is 9.87. The van der Waals surface area contributed by atoms with Crippen molar-refractivity contribution in [2.24, 2.45) is 5.41 Å². The lowest BCUT2D eigenvalue weighted by molar-refractivity contribution is -0.141. The van der Waals surface area contributed by atoms with Crippen LogP contribution in [0.1, 0.15) is 27.2 Å². The van der Waals surface area contributed by atoms with Crippen molar-refractivity contribution in [3.05, 3.63) is 0 Å². The molecule has 6 heteroatoms. The molecule has 1 aliphatic heterocycles. The minimum absolute atomic E-state index is 0.161. The molecular formula is C11H20N2O3S. The molecule has 0 spiro atoms. The monoisotopic (exact) mass is 260 g/mol. The molecule has 0 aromatic rings. The zero-order valence-corrected chi connectivity index (χ0v) is 11.3. The lowest BCUT2D eigenvalue weighted by Crippen LogP contribution is -2.54. The van der Waals surface area contributed by atoms with Crippen LogP contribution < -0.4 is 10.6 Å². The van der Waals surface area contributed by atoms with Crippen molar-refractivity contribution in [3.63, 3.8) is 0 Å². The number of thioether (sulfide) groups is 1. The third-order valence-electron chi connectivity index (χ3n) is 2.65. The number of carbonyl (C=O) groups is 2. The number of carboxylic acid groups (broad SMARTS) is 1. The summed E-state index contributed by atoms with van der Waals surface area (Å²) in [7, 11) is 0. The maximum atomic E-state index is 11.7. The van der Waals surface area contributed by atoms with E-state index in [-0.39, 0.29) is 12.1 Å². The first kappa shape index (κ1) is 14.2. The molecule has 2 amide bonds. The second kappa shape index (κ2) is 5.62. The minimum atomic E-state index is -1.01. The van der Waals surface area contributed by atoms with Crippen molar-refractivity contribution in [3.8, 4) is 0 Å². The van der Waals surface area contributed by atoms with Gasteiger partial charge in [-0.25, -0.2) is 9.59 Å². The Morgan fingerprint density at radius 1 is 1.41 bits per heavy atom. The first-order chi connectivity index (χ1) is 7.80. The Kier molecular flexibility index (Phi) is 4.68. The molecule has 0 saturated carbocycles. The van der Waals surface area contributed by atoms with Crippen molar-refractivity contribution in [1.29, 1.82) is 0 Å². The van der Waals surface area contributed by atoms with Crippen LogP contribution in [0.5, 0.6) is 0 Å². The van der Waals surface area contributed by atoms with Crippen LogP contribution in [0, 0.1) is 5.41 Å². The molecule has 3 N–H and O–H groups in total. The maximum absolute atomic E-state index is 11.7. The zero-order valence-electron chi connectivity index (χ0n) is 10.4. The highest BCUT2D eigenvalue weighted by Crippen LogP contribution is 2.20. The van der Waals surface area contributed by atoms with Crippen LogP contribution in [-0.4, -0.2) is 40.7 Å². The van der Waals surface area contributed by atoms with Gasteiger partial charge < -0.3 is 15.7 Å². The topological polar surface area (TPSA) is 78.4 Å². The Balaban J connectivity index is 2.49. The van der Waals surface area contributed by atoms with E-state index in [9.17, 15) is 9.59 Å². The Labute approximate surface area is 106 Å². The van der Waals surface area contributed by atoms with E-state index in [4.69, 9.17) is 5.11 Å². The second-order valence-corrected chi connectivity index (χ2v) is 6.47. The number of carboxylic acids is 1. The average molecular weight is 260 g/mol. The van der Waals surface area contributed by atoms with E-state index in [1.807, 2.05) is 0 Å². The standard InChI is InChI=1S/C11H20N2O3S/c1-11(2,3)8(9(14)15)13-10(16)12-7-4-5-17-6-7/h7-8H,4-6H2,1-3H3,(H,14,15)(H2,12,13,16)/t7?,8-/m1/s1. The van der Waals surface area contributed by atoms with Crippen LogP contribution in [-0.2, 0) is 4.79 Å². The van der Waals surface area contributed by atoms with Gasteiger partial charge in [0, 0.05) is 11.8 Å². The van der Waals surface area contributed by atoms with E-state index < -0.39 is 17.4 Å². The smallest absolute Gasteiger partial charge is 0.326 e. The van der Waals surface area contributed by atoms with Crippen LogP contribution in [0.3, 0.4) is 0 Å². The predicted octanol–water partition coefficient (Wildman–Crippen LogP) is 1.29. The molecular weight excluding hydrogens is 240 g/mol. The van der Waals surface area contributed by atoms with E-state index in [1.165, 1.54) is 0 Å². The summed E-state index contributed by atoms with van der Waals surface area (Å²) in [6.45, 7) is 5.37. The molecule has 0 aromatic carbocycles. The Morgan fingerprint density at radius 2 is 2.06 bits per heavy atom. The molecule has 0 bridgehead atoms. The van der Waals surface area contributed by atoms with E-state index >= 15 is 0 Å².